The van der Waals surface area contributed by atoms with Crippen molar-refractivity contribution in [2.75, 3.05) is 13.1 Å². The van der Waals surface area contributed by atoms with Gasteiger partial charge in [0.2, 0.25) is 0 Å². The van der Waals surface area contributed by atoms with Crippen LogP contribution in [0.5, 0.6) is 0 Å². The van der Waals surface area contributed by atoms with Gasteiger partial charge >= 0.3 is 6.09 Å². The second-order valence-corrected chi connectivity index (χ2v) is 4.54. The Morgan fingerprint density at radius 2 is 2.38 bits per heavy atom. The van der Waals surface area contributed by atoms with Crippen LogP contribution in [0.2, 0.25) is 0 Å². The summed E-state index contributed by atoms with van der Waals surface area (Å²) in [5.74, 6) is 0. The van der Waals surface area contributed by atoms with E-state index in [9.17, 15) is 4.79 Å². The number of ether oxygens (including phenoxy) is 1. The summed E-state index contributed by atoms with van der Waals surface area (Å²) in [5, 5.41) is 3.46. The van der Waals surface area contributed by atoms with Crippen molar-refractivity contribution in [1.82, 2.24) is 4.90 Å². The number of rotatable bonds is 2. The Morgan fingerprint density at radius 1 is 1.69 bits per heavy atom. The second kappa shape index (κ2) is 4.90. The van der Waals surface area contributed by atoms with Crippen LogP contribution in [0.15, 0.2) is 17.3 Å². The first-order chi connectivity index (χ1) is 7.44. The number of amides is 1. The highest BCUT2D eigenvalue weighted by Gasteiger charge is 2.28. The number of hydrogen-bond donors (Lipinski definition) is 0. The van der Waals surface area contributed by atoms with E-state index in [-0.39, 0.29) is 18.7 Å². The van der Waals surface area contributed by atoms with Crippen LogP contribution in [0.25, 0.3) is 10.4 Å². The van der Waals surface area contributed by atoms with Crippen LogP contribution in [0.1, 0.15) is 20.8 Å². The molecule has 88 valence electrons. The third-order valence-electron chi connectivity index (χ3n) is 2.02. The predicted octanol–water partition coefficient (Wildman–Crippen LogP) is 2.47. The molecule has 1 aliphatic rings. The molecule has 0 saturated carbocycles. The Kier molecular flexibility index (Phi) is 3.79. The topological polar surface area (TPSA) is 78.3 Å². The molecule has 0 aromatic carbocycles. The molecule has 0 aromatic heterocycles. The summed E-state index contributed by atoms with van der Waals surface area (Å²) >= 11 is 0. The molecule has 16 heavy (non-hydrogen) atoms. The minimum Gasteiger partial charge on any atom is -0.444 e. The van der Waals surface area contributed by atoms with Gasteiger partial charge in [0.05, 0.1) is 12.6 Å². The fraction of sp³-hybridized carbons (Fsp3) is 0.700. The van der Waals surface area contributed by atoms with Crippen LogP contribution in [0.4, 0.5) is 4.79 Å². The standard InChI is InChI=1S/C10H16N4O2/c1-10(2,3)16-9(15)14-6-4-5-8(14)7-12-13-11/h4-5,8H,6-7H2,1-3H3. The molecule has 0 saturated heterocycles. The molecule has 1 atom stereocenters. The second-order valence-electron chi connectivity index (χ2n) is 4.54. The normalized spacial score (nSPS) is 19.4. The minimum absolute atomic E-state index is 0.189. The van der Waals surface area contributed by atoms with Gasteiger partial charge in [-0.3, -0.25) is 4.90 Å². The van der Waals surface area contributed by atoms with Crippen molar-refractivity contribution in [3.63, 3.8) is 0 Å². The van der Waals surface area contributed by atoms with Crippen molar-refractivity contribution in [2.24, 2.45) is 5.11 Å². The van der Waals surface area contributed by atoms with Crippen molar-refractivity contribution in [3.05, 3.63) is 22.6 Å². The van der Waals surface area contributed by atoms with Crippen LogP contribution in [0, 0.1) is 0 Å². The van der Waals surface area contributed by atoms with Gasteiger partial charge in [-0.1, -0.05) is 17.3 Å². The summed E-state index contributed by atoms with van der Waals surface area (Å²) in [4.78, 5) is 16.0. The smallest absolute Gasteiger partial charge is 0.411 e. The predicted molar refractivity (Wildman–Crippen MR) is 59.9 cm³/mol. The lowest BCUT2D eigenvalue weighted by Gasteiger charge is -2.27. The van der Waals surface area contributed by atoms with E-state index in [0.29, 0.717) is 6.54 Å². The molecule has 1 amide bonds. The summed E-state index contributed by atoms with van der Waals surface area (Å²) in [6.45, 7) is 6.19. The molecule has 0 N–H and O–H groups in total. The number of azide groups is 1. The molecule has 1 unspecified atom stereocenters. The first kappa shape index (κ1) is 12.4. The lowest BCUT2D eigenvalue weighted by Crippen LogP contribution is -2.41. The molecule has 6 heteroatoms. The highest BCUT2D eigenvalue weighted by molar-refractivity contribution is 5.69. The summed E-state index contributed by atoms with van der Waals surface area (Å²) in [5.41, 5.74) is 7.73. The molecule has 0 spiro atoms. The summed E-state index contributed by atoms with van der Waals surface area (Å²) in [6.07, 6.45) is 3.33. The van der Waals surface area contributed by atoms with E-state index in [1.165, 1.54) is 0 Å². The molecule has 0 aromatic rings. The van der Waals surface area contributed by atoms with Crippen molar-refractivity contribution in [1.29, 1.82) is 0 Å². The minimum atomic E-state index is -0.511. The third-order valence-corrected chi connectivity index (χ3v) is 2.02. The largest absolute Gasteiger partial charge is 0.444 e. The molecular formula is C10H16N4O2. The quantitative estimate of drug-likeness (QED) is 0.312. The van der Waals surface area contributed by atoms with Crippen molar-refractivity contribution >= 4 is 6.09 Å². The highest BCUT2D eigenvalue weighted by Crippen LogP contribution is 2.16. The third kappa shape index (κ3) is 3.47. The molecule has 0 aliphatic carbocycles. The Bertz CT molecular complexity index is 339. The zero-order valence-electron chi connectivity index (χ0n) is 9.75. The summed E-state index contributed by atoms with van der Waals surface area (Å²) in [7, 11) is 0. The van der Waals surface area contributed by atoms with Gasteiger partial charge < -0.3 is 4.74 Å². The Hall–Kier alpha value is -1.68. The van der Waals surface area contributed by atoms with E-state index in [2.05, 4.69) is 10.0 Å². The fourth-order valence-corrected chi connectivity index (χ4v) is 1.38. The van der Waals surface area contributed by atoms with Crippen LogP contribution < -0.4 is 0 Å². The lowest BCUT2D eigenvalue weighted by molar-refractivity contribution is 0.0247. The number of nitrogens with zero attached hydrogens (tertiary/aromatic N) is 4. The van der Waals surface area contributed by atoms with Gasteiger partial charge in [0, 0.05) is 11.5 Å². The van der Waals surface area contributed by atoms with Gasteiger partial charge in [-0.15, -0.1) is 0 Å². The van der Waals surface area contributed by atoms with Gasteiger partial charge in [0.1, 0.15) is 5.60 Å². The van der Waals surface area contributed by atoms with E-state index >= 15 is 0 Å². The van der Waals surface area contributed by atoms with Gasteiger partial charge in [0.15, 0.2) is 0 Å². The van der Waals surface area contributed by atoms with Crippen molar-refractivity contribution < 1.29 is 9.53 Å². The van der Waals surface area contributed by atoms with Crippen LogP contribution in [0.3, 0.4) is 0 Å². The molecule has 1 aliphatic heterocycles. The number of carbonyl (C=O) groups is 1. The number of carbonyl (C=O) groups excluding carboxylic acids is 1. The molecule has 0 bridgehead atoms. The first-order valence-electron chi connectivity index (χ1n) is 5.11. The Labute approximate surface area is 94.5 Å². The number of hydrogen-bond acceptors (Lipinski definition) is 3. The zero-order valence-corrected chi connectivity index (χ0v) is 9.75. The van der Waals surface area contributed by atoms with E-state index in [0.717, 1.165) is 0 Å². The zero-order chi connectivity index (χ0) is 12.2. The van der Waals surface area contributed by atoms with Crippen molar-refractivity contribution in [3.8, 4) is 0 Å². The summed E-state index contributed by atoms with van der Waals surface area (Å²) in [6, 6.07) is -0.189. The molecule has 1 rings (SSSR count). The average Bonchev–Trinajstić information content (AvgIpc) is 2.59. The monoisotopic (exact) mass is 224 g/mol. The fourth-order valence-electron chi connectivity index (χ4n) is 1.38. The molecule has 0 fully saturated rings. The van der Waals surface area contributed by atoms with Crippen molar-refractivity contribution in [2.45, 2.75) is 32.4 Å². The van der Waals surface area contributed by atoms with Crippen LogP contribution in [-0.2, 0) is 4.74 Å². The lowest BCUT2D eigenvalue weighted by atomic mass is 10.2. The molecule has 0 radical (unpaired) electrons. The highest BCUT2D eigenvalue weighted by atomic mass is 16.6. The van der Waals surface area contributed by atoms with Gasteiger partial charge in [0.25, 0.3) is 0 Å². The van der Waals surface area contributed by atoms with E-state index < -0.39 is 5.60 Å². The first-order valence-corrected chi connectivity index (χ1v) is 5.11. The molecule has 1 heterocycles. The van der Waals surface area contributed by atoms with Gasteiger partial charge in [-0.25, -0.2) is 4.79 Å². The maximum atomic E-state index is 11.8. The van der Waals surface area contributed by atoms with Crippen LogP contribution in [-0.4, -0.2) is 35.7 Å². The van der Waals surface area contributed by atoms with E-state index in [1.807, 2.05) is 32.9 Å². The summed E-state index contributed by atoms with van der Waals surface area (Å²) < 4.78 is 5.24. The van der Waals surface area contributed by atoms with E-state index in [1.54, 1.807) is 4.90 Å². The maximum Gasteiger partial charge on any atom is 0.411 e. The molecular weight excluding hydrogens is 208 g/mol. The van der Waals surface area contributed by atoms with Gasteiger partial charge in [-0.2, -0.15) is 0 Å². The van der Waals surface area contributed by atoms with Crippen LogP contribution >= 0.6 is 0 Å². The SMILES string of the molecule is CC(C)(C)OC(=O)N1CC=CC1CN=[N+]=[N-]. The maximum absolute atomic E-state index is 11.8. The average molecular weight is 224 g/mol. The Balaban J connectivity index is 2.59. The van der Waals surface area contributed by atoms with Gasteiger partial charge in [-0.05, 0) is 26.3 Å². The molecule has 6 nitrogen and oxygen atoms in total. The van der Waals surface area contributed by atoms with E-state index in [4.69, 9.17) is 10.3 Å². The Morgan fingerprint density at radius 3 is 2.94 bits per heavy atom.